The lowest BCUT2D eigenvalue weighted by Gasteiger charge is -2.16. The molecule has 1 aliphatic rings. The zero-order chi connectivity index (χ0) is 10.4. The summed E-state index contributed by atoms with van der Waals surface area (Å²) in [5.74, 6) is 0. The standard InChI is InChI=1S/C13H21N/c1-4-11(2)7-5-8-13-9-6-10-14-12(13)3/h5,7-8,14H,4,6,9-10H2,1-3H3/b8-5-,11-7+. The van der Waals surface area contributed by atoms with E-state index in [9.17, 15) is 0 Å². The minimum atomic E-state index is 1.13. The van der Waals surface area contributed by atoms with Gasteiger partial charge in [-0.05, 0) is 38.7 Å². The maximum absolute atomic E-state index is 3.39. The summed E-state index contributed by atoms with van der Waals surface area (Å²) < 4.78 is 0. The number of nitrogens with one attached hydrogen (secondary N) is 1. The fourth-order valence-electron chi connectivity index (χ4n) is 1.51. The second-order valence-corrected chi connectivity index (χ2v) is 3.91. The first-order chi connectivity index (χ1) is 6.74. The van der Waals surface area contributed by atoms with Gasteiger partial charge in [0.15, 0.2) is 0 Å². The largest absolute Gasteiger partial charge is 0.388 e. The van der Waals surface area contributed by atoms with E-state index >= 15 is 0 Å². The third-order valence-electron chi connectivity index (χ3n) is 2.73. The third-order valence-corrected chi connectivity index (χ3v) is 2.73. The molecule has 0 unspecified atom stereocenters. The molecule has 1 nitrogen and oxygen atoms in total. The van der Waals surface area contributed by atoms with Crippen LogP contribution in [0.2, 0.25) is 0 Å². The van der Waals surface area contributed by atoms with Crippen molar-refractivity contribution < 1.29 is 0 Å². The highest BCUT2D eigenvalue weighted by atomic mass is 14.9. The average molecular weight is 191 g/mol. The van der Waals surface area contributed by atoms with Gasteiger partial charge in [0.2, 0.25) is 0 Å². The summed E-state index contributed by atoms with van der Waals surface area (Å²) in [4.78, 5) is 0. The van der Waals surface area contributed by atoms with Crippen molar-refractivity contribution in [3.8, 4) is 0 Å². The van der Waals surface area contributed by atoms with E-state index in [-0.39, 0.29) is 0 Å². The Labute approximate surface area is 87.6 Å². The van der Waals surface area contributed by atoms with Crippen LogP contribution in [-0.2, 0) is 0 Å². The van der Waals surface area contributed by atoms with Crippen LogP contribution in [0.25, 0.3) is 0 Å². The molecule has 0 fully saturated rings. The van der Waals surface area contributed by atoms with E-state index in [0.29, 0.717) is 0 Å². The summed E-state index contributed by atoms with van der Waals surface area (Å²) in [5.41, 5.74) is 4.23. The first-order valence-electron chi connectivity index (χ1n) is 5.51. The van der Waals surface area contributed by atoms with Gasteiger partial charge in [-0.15, -0.1) is 0 Å². The third kappa shape index (κ3) is 3.41. The van der Waals surface area contributed by atoms with Crippen molar-refractivity contribution in [3.63, 3.8) is 0 Å². The van der Waals surface area contributed by atoms with Crippen LogP contribution in [0.3, 0.4) is 0 Å². The van der Waals surface area contributed by atoms with Crippen LogP contribution in [0.4, 0.5) is 0 Å². The van der Waals surface area contributed by atoms with Crippen molar-refractivity contribution in [2.75, 3.05) is 6.54 Å². The molecular weight excluding hydrogens is 170 g/mol. The van der Waals surface area contributed by atoms with E-state index in [1.54, 1.807) is 0 Å². The summed E-state index contributed by atoms with van der Waals surface area (Å²) >= 11 is 0. The minimum absolute atomic E-state index is 1.13. The lowest BCUT2D eigenvalue weighted by atomic mass is 10.0. The van der Waals surface area contributed by atoms with Gasteiger partial charge in [0.25, 0.3) is 0 Å². The van der Waals surface area contributed by atoms with E-state index in [1.807, 2.05) is 0 Å². The molecule has 0 amide bonds. The Kier molecular flexibility index (Phi) is 4.51. The topological polar surface area (TPSA) is 12.0 Å². The van der Waals surface area contributed by atoms with Gasteiger partial charge in [-0.25, -0.2) is 0 Å². The summed E-state index contributed by atoms with van der Waals surface area (Å²) in [6.45, 7) is 7.65. The SMILES string of the molecule is CC/C(C)=C/C=C\C1=C(C)NCCC1. The highest BCUT2D eigenvalue weighted by Crippen LogP contribution is 2.15. The maximum Gasteiger partial charge on any atom is 0.0147 e. The summed E-state index contributed by atoms with van der Waals surface area (Å²) in [6.07, 6.45) is 10.2. The second-order valence-electron chi connectivity index (χ2n) is 3.91. The van der Waals surface area contributed by atoms with Gasteiger partial charge in [0.1, 0.15) is 0 Å². The van der Waals surface area contributed by atoms with Crippen LogP contribution in [0, 0.1) is 0 Å². The molecule has 1 N–H and O–H groups in total. The first kappa shape index (κ1) is 11.1. The van der Waals surface area contributed by atoms with Gasteiger partial charge in [0.05, 0.1) is 0 Å². The highest BCUT2D eigenvalue weighted by Gasteiger charge is 2.04. The molecule has 0 atom stereocenters. The Hall–Kier alpha value is -0.980. The van der Waals surface area contributed by atoms with Crippen molar-refractivity contribution in [3.05, 3.63) is 35.1 Å². The lowest BCUT2D eigenvalue weighted by molar-refractivity contribution is 0.672. The molecule has 0 spiro atoms. The maximum atomic E-state index is 3.39. The molecular formula is C13H21N. The van der Waals surface area contributed by atoms with Crippen LogP contribution in [0.1, 0.15) is 40.0 Å². The predicted molar refractivity (Wildman–Crippen MR) is 63.1 cm³/mol. The molecule has 1 heterocycles. The van der Waals surface area contributed by atoms with Crippen LogP contribution in [-0.4, -0.2) is 6.54 Å². The molecule has 0 saturated carbocycles. The Balaban J connectivity index is 2.58. The zero-order valence-corrected chi connectivity index (χ0v) is 9.56. The number of rotatable bonds is 3. The van der Waals surface area contributed by atoms with Crippen LogP contribution in [0.15, 0.2) is 35.1 Å². The normalized spacial score (nSPS) is 18.9. The monoisotopic (exact) mass is 191 g/mol. The molecule has 0 aromatic heterocycles. The van der Waals surface area contributed by atoms with Gasteiger partial charge in [0, 0.05) is 12.2 Å². The fraction of sp³-hybridized carbons (Fsp3) is 0.538. The Morgan fingerprint density at radius 3 is 2.93 bits per heavy atom. The fourth-order valence-corrected chi connectivity index (χ4v) is 1.51. The smallest absolute Gasteiger partial charge is 0.0147 e. The Morgan fingerprint density at radius 1 is 1.50 bits per heavy atom. The molecule has 1 aliphatic heterocycles. The summed E-state index contributed by atoms with van der Waals surface area (Å²) in [7, 11) is 0. The molecule has 1 heteroatoms. The van der Waals surface area contributed by atoms with Crippen molar-refractivity contribution in [2.24, 2.45) is 0 Å². The van der Waals surface area contributed by atoms with Gasteiger partial charge in [-0.3, -0.25) is 0 Å². The number of hydrogen-bond acceptors (Lipinski definition) is 1. The van der Waals surface area contributed by atoms with E-state index in [4.69, 9.17) is 0 Å². The van der Waals surface area contributed by atoms with E-state index in [2.05, 4.69) is 44.3 Å². The first-order valence-corrected chi connectivity index (χ1v) is 5.51. The summed E-state index contributed by atoms with van der Waals surface area (Å²) in [5, 5.41) is 3.39. The van der Waals surface area contributed by atoms with Gasteiger partial charge in [-0.1, -0.05) is 30.7 Å². The minimum Gasteiger partial charge on any atom is -0.388 e. The second kappa shape index (κ2) is 5.69. The average Bonchev–Trinajstić information content (AvgIpc) is 2.20. The van der Waals surface area contributed by atoms with Crippen molar-refractivity contribution >= 4 is 0 Å². The molecule has 78 valence electrons. The number of allylic oxidation sites excluding steroid dienone is 6. The molecule has 0 bridgehead atoms. The van der Waals surface area contributed by atoms with Crippen LogP contribution >= 0.6 is 0 Å². The van der Waals surface area contributed by atoms with Crippen molar-refractivity contribution in [1.29, 1.82) is 0 Å². The molecule has 0 aromatic rings. The zero-order valence-electron chi connectivity index (χ0n) is 9.56. The molecule has 1 rings (SSSR count). The van der Waals surface area contributed by atoms with Gasteiger partial charge < -0.3 is 5.32 Å². The van der Waals surface area contributed by atoms with E-state index in [1.165, 1.54) is 29.7 Å². The highest BCUT2D eigenvalue weighted by molar-refractivity contribution is 5.28. The quantitative estimate of drug-likeness (QED) is 0.673. The molecule has 0 aromatic carbocycles. The lowest BCUT2D eigenvalue weighted by Crippen LogP contribution is -2.18. The Morgan fingerprint density at radius 2 is 2.29 bits per heavy atom. The number of hydrogen-bond donors (Lipinski definition) is 1. The molecule has 0 radical (unpaired) electrons. The van der Waals surface area contributed by atoms with Crippen molar-refractivity contribution in [2.45, 2.75) is 40.0 Å². The molecule has 0 saturated heterocycles. The van der Waals surface area contributed by atoms with Crippen molar-refractivity contribution in [1.82, 2.24) is 5.32 Å². The van der Waals surface area contributed by atoms with Crippen LogP contribution in [0.5, 0.6) is 0 Å². The van der Waals surface area contributed by atoms with Gasteiger partial charge in [-0.2, -0.15) is 0 Å². The van der Waals surface area contributed by atoms with E-state index < -0.39 is 0 Å². The van der Waals surface area contributed by atoms with E-state index in [0.717, 1.165) is 13.0 Å². The Bertz CT molecular complexity index is 269. The molecule has 0 aliphatic carbocycles. The molecule has 14 heavy (non-hydrogen) atoms. The van der Waals surface area contributed by atoms with Crippen LogP contribution < -0.4 is 5.32 Å². The predicted octanol–water partition coefficient (Wildman–Crippen LogP) is 3.56. The van der Waals surface area contributed by atoms with Gasteiger partial charge >= 0.3 is 0 Å². The summed E-state index contributed by atoms with van der Waals surface area (Å²) in [6, 6.07) is 0.